The van der Waals surface area contributed by atoms with Gasteiger partial charge in [0.25, 0.3) is 5.91 Å². The zero-order valence-corrected chi connectivity index (χ0v) is 15.9. The molecule has 1 aliphatic rings. The van der Waals surface area contributed by atoms with Gasteiger partial charge in [0.1, 0.15) is 0 Å². The average molecular weight is 382 g/mol. The van der Waals surface area contributed by atoms with Crippen LogP contribution in [0.3, 0.4) is 0 Å². The van der Waals surface area contributed by atoms with E-state index in [4.69, 9.17) is 5.73 Å². The number of piperidine rings is 1. The van der Waals surface area contributed by atoms with E-state index in [0.717, 1.165) is 31.5 Å². The van der Waals surface area contributed by atoms with Gasteiger partial charge in [0, 0.05) is 36.1 Å². The number of anilines is 2. The Labute approximate surface area is 161 Å². The van der Waals surface area contributed by atoms with Gasteiger partial charge < -0.3 is 16.0 Å². The fraction of sp³-hybridized carbons (Fsp3) is 0.316. The molecule has 136 valence electrons. The number of amides is 1. The van der Waals surface area contributed by atoms with E-state index < -0.39 is 0 Å². The fourth-order valence-corrected chi connectivity index (χ4v) is 3.07. The lowest BCUT2D eigenvalue weighted by atomic mass is 10.0. The van der Waals surface area contributed by atoms with Gasteiger partial charge in [-0.2, -0.15) is 0 Å². The Morgan fingerprint density at radius 1 is 1.08 bits per heavy atom. The van der Waals surface area contributed by atoms with Crippen molar-refractivity contribution in [3.05, 3.63) is 59.7 Å². The highest BCUT2D eigenvalue weighted by Gasteiger charge is 2.21. The SMILES string of the molecule is Cc1ccc(N)cc1C(=O)NC1CCN(c2ccccc2)CC1.Cl.Cl. The third kappa shape index (κ3) is 5.28. The molecule has 25 heavy (non-hydrogen) atoms. The largest absolute Gasteiger partial charge is 0.399 e. The van der Waals surface area contributed by atoms with E-state index in [1.54, 1.807) is 6.07 Å². The van der Waals surface area contributed by atoms with E-state index in [1.807, 2.05) is 25.1 Å². The van der Waals surface area contributed by atoms with Gasteiger partial charge in [0.05, 0.1) is 0 Å². The zero-order chi connectivity index (χ0) is 16.2. The molecule has 4 nitrogen and oxygen atoms in total. The molecule has 0 atom stereocenters. The number of nitrogens with one attached hydrogen (secondary N) is 1. The summed E-state index contributed by atoms with van der Waals surface area (Å²) in [5.74, 6) is -0.0204. The Morgan fingerprint density at radius 3 is 2.36 bits per heavy atom. The summed E-state index contributed by atoms with van der Waals surface area (Å²) < 4.78 is 0. The molecule has 1 saturated heterocycles. The quantitative estimate of drug-likeness (QED) is 0.794. The summed E-state index contributed by atoms with van der Waals surface area (Å²) in [5, 5.41) is 3.15. The summed E-state index contributed by atoms with van der Waals surface area (Å²) in [6, 6.07) is 16.1. The molecular weight excluding hydrogens is 357 g/mol. The molecular formula is C19H25Cl2N3O. The highest BCUT2D eigenvalue weighted by molar-refractivity contribution is 5.96. The standard InChI is InChI=1S/C19H23N3O.2ClH/c1-14-7-8-15(20)13-18(14)19(23)21-16-9-11-22(12-10-16)17-5-3-2-4-6-17;;/h2-8,13,16H,9-12,20H2,1H3,(H,21,23);2*1H. The molecule has 0 bridgehead atoms. The smallest absolute Gasteiger partial charge is 0.251 e. The Balaban J connectivity index is 0.00000156. The molecule has 0 aromatic heterocycles. The number of benzene rings is 2. The van der Waals surface area contributed by atoms with Crippen LogP contribution < -0.4 is 16.0 Å². The first-order chi connectivity index (χ1) is 11.1. The molecule has 0 unspecified atom stereocenters. The summed E-state index contributed by atoms with van der Waals surface area (Å²) in [7, 11) is 0. The molecule has 3 rings (SSSR count). The summed E-state index contributed by atoms with van der Waals surface area (Å²) >= 11 is 0. The molecule has 0 saturated carbocycles. The molecule has 1 amide bonds. The van der Waals surface area contributed by atoms with Gasteiger partial charge in [0.2, 0.25) is 0 Å². The van der Waals surface area contributed by atoms with Crippen LogP contribution in [-0.4, -0.2) is 25.0 Å². The van der Waals surface area contributed by atoms with Crippen molar-refractivity contribution in [1.82, 2.24) is 5.32 Å². The molecule has 1 aliphatic heterocycles. The van der Waals surface area contributed by atoms with Gasteiger partial charge in [-0.05, 0) is 49.6 Å². The molecule has 0 spiro atoms. The van der Waals surface area contributed by atoms with Crippen molar-refractivity contribution in [1.29, 1.82) is 0 Å². The Morgan fingerprint density at radius 2 is 1.72 bits per heavy atom. The minimum absolute atomic E-state index is 0. The van der Waals surface area contributed by atoms with Crippen LogP contribution in [0, 0.1) is 6.92 Å². The normalized spacial score (nSPS) is 14.2. The van der Waals surface area contributed by atoms with E-state index in [-0.39, 0.29) is 36.8 Å². The second kappa shape index (κ2) is 9.54. The molecule has 1 fully saturated rings. The highest BCUT2D eigenvalue weighted by Crippen LogP contribution is 2.20. The van der Waals surface area contributed by atoms with Crippen molar-refractivity contribution in [2.75, 3.05) is 23.7 Å². The average Bonchev–Trinajstić information content (AvgIpc) is 2.58. The first kappa shape index (κ1) is 21.1. The van der Waals surface area contributed by atoms with Gasteiger partial charge in [0.15, 0.2) is 0 Å². The van der Waals surface area contributed by atoms with Crippen LogP contribution >= 0.6 is 24.8 Å². The Kier molecular flexibility index (Phi) is 8.07. The number of para-hydroxylation sites is 1. The van der Waals surface area contributed by atoms with Crippen LogP contribution in [0.2, 0.25) is 0 Å². The number of rotatable bonds is 3. The minimum atomic E-state index is -0.0204. The van der Waals surface area contributed by atoms with Crippen LogP contribution in [0.5, 0.6) is 0 Å². The maximum absolute atomic E-state index is 12.5. The first-order valence-corrected chi connectivity index (χ1v) is 8.10. The van der Waals surface area contributed by atoms with Crippen LogP contribution in [0.25, 0.3) is 0 Å². The lowest BCUT2D eigenvalue weighted by Crippen LogP contribution is -2.44. The molecule has 1 heterocycles. The lowest BCUT2D eigenvalue weighted by Gasteiger charge is -2.34. The number of nitrogens with zero attached hydrogens (tertiary/aromatic N) is 1. The number of carbonyl (C=O) groups excluding carboxylic acids is 1. The molecule has 0 radical (unpaired) electrons. The molecule has 2 aromatic rings. The van der Waals surface area contributed by atoms with Crippen LogP contribution in [0.4, 0.5) is 11.4 Å². The van der Waals surface area contributed by atoms with Gasteiger partial charge in [-0.25, -0.2) is 0 Å². The molecule has 6 heteroatoms. The van der Waals surface area contributed by atoms with Crippen LogP contribution in [-0.2, 0) is 0 Å². The number of halogens is 2. The number of carbonyl (C=O) groups is 1. The van der Waals surface area contributed by atoms with Crippen molar-refractivity contribution in [3.8, 4) is 0 Å². The lowest BCUT2D eigenvalue weighted by molar-refractivity contribution is 0.0930. The first-order valence-electron chi connectivity index (χ1n) is 8.10. The van der Waals surface area contributed by atoms with E-state index in [2.05, 4.69) is 34.5 Å². The number of hydrogen-bond donors (Lipinski definition) is 2. The van der Waals surface area contributed by atoms with Crippen LogP contribution in [0.1, 0.15) is 28.8 Å². The van der Waals surface area contributed by atoms with E-state index >= 15 is 0 Å². The number of nitrogens with two attached hydrogens (primary N) is 1. The van der Waals surface area contributed by atoms with Crippen molar-refractivity contribution in [3.63, 3.8) is 0 Å². The number of aryl methyl sites for hydroxylation is 1. The second-order valence-corrected chi connectivity index (χ2v) is 6.14. The van der Waals surface area contributed by atoms with Gasteiger partial charge in [-0.1, -0.05) is 24.3 Å². The van der Waals surface area contributed by atoms with Crippen molar-refractivity contribution in [2.45, 2.75) is 25.8 Å². The highest BCUT2D eigenvalue weighted by atomic mass is 35.5. The molecule has 3 N–H and O–H groups in total. The topological polar surface area (TPSA) is 58.4 Å². The monoisotopic (exact) mass is 381 g/mol. The summed E-state index contributed by atoms with van der Waals surface area (Å²) in [6.45, 7) is 3.86. The van der Waals surface area contributed by atoms with E-state index in [9.17, 15) is 4.79 Å². The summed E-state index contributed by atoms with van der Waals surface area (Å²) in [4.78, 5) is 14.8. The van der Waals surface area contributed by atoms with Crippen LogP contribution in [0.15, 0.2) is 48.5 Å². The van der Waals surface area contributed by atoms with Crippen molar-refractivity contribution >= 4 is 42.1 Å². The third-order valence-electron chi connectivity index (χ3n) is 4.46. The van der Waals surface area contributed by atoms with Gasteiger partial charge >= 0.3 is 0 Å². The minimum Gasteiger partial charge on any atom is -0.399 e. The van der Waals surface area contributed by atoms with Gasteiger partial charge in [-0.3, -0.25) is 4.79 Å². The summed E-state index contributed by atoms with van der Waals surface area (Å²) in [5.41, 5.74) is 9.31. The van der Waals surface area contributed by atoms with E-state index in [0.29, 0.717) is 11.3 Å². The second-order valence-electron chi connectivity index (χ2n) is 6.14. The van der Waals surface area contributed by atoms with E-state index in [1.165, 1.54) is 5.69 Å². The molecule has 0 aliphatic carbocycles. The third-order valence-corrected chi connectivity index (χ3v) is 4.46. The Bertz CT molecular complexity index is 686. The predicted molar refractivity (Wildman–Crippen MR) is 109 cm³/mol. The maximum Gasteiger partial charge on any atom is 0.251 e. The van der Waals surface area contributed by atoms with Gasteiger partial charge in [-0.15, -0.1) is 24.8 Å². The number of nitrogen functional groups attached to an aromatic ring is 1. The zero-order valence-electron chi connectivity index (χ0n) is 14.3. The fourth-order valence-electron chi connectivity index (χ4n) is 3.07. The predicted octanol–water partition coefficient (Wildman–Crippen LogP) is 3.82. The summed E-state index contributed by atoms with van der Waals surface area (Å²) in [6.07, 6.45) is 1.92. The van der Waals surface area contributed by atoms with Crippen molar-refractivity contribution < 1.29 is 4.79 Å². The van der Waals surface area contributed by atoms with Crippen molar-refractivity contribution in [2.24, 2.45) is 0 Å². The molecule has 2 aromatic carbocycles. The maximum atomic E-state index is 12.5. The Hall–Kier alpha value is -1.91. The number of hydrogen-bond acceptors (Lipinski definition) is 3.